The highest BCUT2D eigenvalue weighted by atomic mass is 35.5. The molecule has 0 radical (unpaired) electrons. The molecule has 1 saturated heterocycles. The lowest BCUT2D eigenvalue weighted by molar-refractivity contribution is -0.117. The standard InChI is InChI=1S/C21H25Cl2N3O3/c1-28-15-6-7-20(29-2)19(12-15)24-21(27)14-26-10-8-25(9-11-26)13-16-17(22)4-3-5-18(16)23/h3-7,12H,8-11,13-14H2,1-2H3,(H,24,27). The predicted octanol–water partition coefficient (Wildman–Crippen LogP) is 3.77. The van der Waals surface area contributed by atoms with E-state index >= 15 is 0 Å². The minimum atomic E-state index is -0.0841. The second kappa shape index (κ2) is 10.2. The van der Waals surface area contributed by atoms with E-state index in [0.717, 1.165) is 31.7 Å². The van der Waals surface area contributed by atoms with Crippen LogP contribution >= 0.6 is 23.2 Å². The average molecular weight is 438 g/mol. The molecule has 0 bridgehead atoms. The number of halogens is 2. The minimum absolute atomic E-state index is 0.0841. The minimum Gasteiger partial charge on any atom is -0.497 e. The number of hydrogen-bond acceptors (Lipinski definition) is 5. The molecule has 0 aromatic heterocycles. The van der Waals surface area contributed by atoms with Crippen LogP contribution in [-0.4, -0.2) is 62.7 Å². The molecule has 1 aliphatic heterocycles. The lowest BCUT2D eigenvalue weighted by atomic mass is 10.2. The summed E-state index contributed by atoms with van der Waals surface area (Å²) in [6.07, 6.45) is 0. The van der Waals surface area contributed by atoms with Crippen molar-refractivity contribution in [3.8, 4) is 11.5 Å². The smallest absolute Gasteiger partial charge is 0.238 e. The van der Waals surface area contributed by atoms with E-state index in [0.29, 0.717) is 40.3 Å². The molecule has 156 valence electrons. The first-order valence-electron chi connectivity index (χ1n) is 9.39. The maximum absolute atomic E-state index is 12.5. The molecular formula is C21H25Cl2N3O3. The molecule has 1 aliphatic rings. The maximum atomic E-state index is 12.5. The van der Waals surface area contributed by atoms with Crippen LogP contribution in [0, 0.1) is 0 Å². The summed E-state index contributed by atoms with van der Waals surface area (Å²) < 4.78 is 10.5. The Morgan fingerprint density at radius 1 is 1.00 bits per heavy atom. The number of ether oxygens (including phenoxy) is 2. The van der Waals surface area contributed by atoms with Crippen LogP contribution in [-0.2, 0) is 11.3 Å². The number of methoxy groups -OCH3 is 2. The van der Waals surface area contributed by atoms with E-state index in [1.165, 1.54) is 0 Å². The highest BCUT2D eigenvalue weighted by Crippen LogP contribution is 2.29. The van der Waals surface area contributed by atoms with E-state index in [1.807, 2.05) is 18.2 Å². The highest BCUT2D eigenvalue weighted by molar-refractivity contribution is 6.35. The van der Waals surface area contributed by atoms with Crippen LogP contribution in [0.4, 0.5) is 5.69 Å². The van der Waals surface area contributed by atoms with Crippen molar-refractivity contribution in [2.24, 2.45) is 0 Å². The van der Waals surface area contributed by atoms with Gasteiger partial charge in [0.05, 0.1) is 26.5 Å². The lowest BCUT2D eigenvalue weighted by Crippen LogP contribution is -2.48. The molecule has 0 spiro atoms. The van der Waals surface area contributed by atoms with Gasteiger partial charge in [-0.1, -0.05) is 29.3 Å². The van der Waals surface area contributed by atoms with E-state index in [1.54, 1.807) is 32.4 Å². The van der Waals surface area contributed by atoms with Crippen LogP contribution in [0.25, 0.3) is 0 Å². The van der Waals surface area contributed by atoms with Gasteiger partial charge in [-0.15, -0.1) is 0 Å². The molecule has 1 heterocycles. The van der Waals surface area contributed by atoms with Crippen molar-refractivity contribution in [3.63, 3.8) is 0 Å². The second-order valence-corrected chi connectivity index (χ2v) is 7.68. The van der Waals surface area contributed by atoms with Gasteiger partial charge >= 0.3 is 0 Å². The number of nitrogens with zero attached hydrogens (tertiary/aromatic N) is 2. The van der Waals surface area contributed by atoms with Crippen LogP contribution in [0.2, 0.25) is 10.0 Å². The molecule has 0 atom stereocenters. The zero-order valence-corrected chi connectivity index (χ0v) is 18.1. The molecule has 3 rings (SSSR count). The SMILES string of the molecule is COc1ccc(OC)c(NC(=O)CN2CCN(Cc3c(Cl)cccc3Cl)CC2)c1. The van der Waals surface area contributed by atoms with Gasteiger partial charge in [-0.05, 0) is 24.3 Å². The average Bonchev–Trinajstić information content (AvgIpc) is 2.72. The monoisotopic (exact) mass is 437 g/mol. The van der Waals surface area contributed by atoms with Gasteiger partial charge in [-0.3, -0.25) is 14.6 Å². The Balaban J connectivity index is 1.51. The highest BCUT2D eigenvalue weighted by Gasteiger charge is 2.21. The van der Waals surface area contributed by atoms with Gasteiger partial charge in [-0.2, -0.15) is 0 Å². The third-order valence-electron chi connectivity index (χ3n) is 4.96. The molecule has 2 aromatic rings. The van der Waals surface area contributed by atoms with Crippen molar-refractivity contribution in [2.45, 2.75) is 6.54 Å². The van der Waals surface area contributed by atoms with Crippen molar-refractivity contribution in [3.05, 3.63) is 52.0 Å². The van der Waals surface area contributed by atoms with Gasteiger partial charge in [0, 0.05) is 54.4 Å². The van der Waals surface area contributed by atoms with Crippen molar-refractivity contribution in [2.75, 3.05) is 52.3 Å². The van der Waals surface area contributed by atoms with Crippen LogP contribution in [0.3, 0.4) is 0 Å². The maximum Gasteiger partial charge on any atom is 0.238 e. The Bertz CT molecular complexity index is 835. The molecule has 2 aromatic carbocycles. The fourth-order valence-corrected chi connectivity index (χ4v) is 3.83. The first-order chi connectivity index (χ1) is 14.0. The largest absolute Gasteiger partial charge is 0.497 e. The number of hydrogen-bond donors (Lipinski definition) is 1. The fraction of sp³-hybridized carbons (Fsp3) is 0.381. The van der Waals surface area contributed by atoms with Gasteiger partial charge in [0.25, 0.3) is 0 Å². The molecule has 1 amide bonds. The quantitative estimate of drug-likeness (QED) is 0.714. The summed E-state index contributed by atoms with van der Waals surface area (Å²) in [4.78, 5) is 16.9. The molecule has 0 unspecified atom stereocenters. The van der Waals surface area contributed by atoms with E-state index in [9.17, 15) is 4.79 Å². The molecular weight excluding hydrogens is 413 g/mol. The van der Waals surface area contributed by atoms with Crippen molar-refractivity contribution in [1.82, 2.24) is 9.80 Å². The Morgan fingerprint density at radius 2 is 1.66 bits per heavy atom. The fourth-order valence-electron chi connectivity index (χ4n) is 3.32. The summed E-state index contributed by atoms with van der Waals surface area (Å²) in [5, 5.41) is 4.29. The lowest BCUT2D eigenvalue weighted by Gasteiger charge is -2.34. The third-order valence-corrected chi connectivity index (χ3v) is 5.66. The van der Waals surface area contributed by atoms with E-state index < -0.39 is 0 Å². The molecule has 1 fully saturated rings. The zero-order valence-electron chi connectivity index (χ0n) is 16.6. The van der Waals surface area contributed by atoms with Crippen molar-refractivity contribution < 1.29 is 14.3 Å². The number of amides is 1. The summed E-state index contributed by atoms with van der Waals surface area (Å²) in [6, 6.07) is 10.9. The Kier molecular flexibility index (Phi) is 7.61. The Labute approximate surface area is 181 Å². The topological polar surface area (TPSA) is 54.0 Å². The summed E-state index contributed by atoms with van der Waals surface area (Å²) >= 11 is 12.6. The molecule has 8 heteroatoms. The zero-order chi connectivity index (χ0) is 20.8. The number of rotatable bonds is 7. The summed E-state index contributed by atoms with van der Waals surface area (Å²) in [5.41, 5.74) is 1.55. The predicted molar refractivity (Wildman–Crippen MR) is 116 cm³/mol. The van der Waals surface area contributed by atoms with Gasteiger partial charge in [0.2, 0.25) is 5.91 Å². The summed E-state index contributed by atoms with van der Waals surface area (Å²) in [6.45, 7) is 4.31. The van der Waals surface area contributed by atoms with Gasteiger partial charge in [0.1, 0.15) is 11.5 Å². The summed E-state index contributed by atoms with van der Waals surface area (Å²) in [5.74, 6) is 1.17. The number of benzene rings is 2. The number of piperazine rings is 1. The van der Waals surface area contributed by atoms with Crippen LogP contribution in [0.5, 0.6) is 11.5 Å². The normalized spacial score (nSPS) is 15.2. The molecule has 29 heavy (non-hydrogen) atoms. The van der Waals surface area contributed by atoms with Crippen LogP contribution in [0.1, 0.15) is 5.56 Å². The third kappa shape index (κ3) is 5.76. The molecule has 0 saturated carbocycles. The van der Waals surface area contributed by atoms with Crippen molar-refractivity contribution in [1.29, 1.82) is 0 Å². The van der Waals surface area contributed by atoms with Crippen LogP contribution in [0.15, 0.2) is 36.4 Å². The first kappa shape index (κ1) is 21.7. The second-order valence-electron chi connectivity index (χ2n) is 6.87. The van der Waals surface area contributed by atoms with E-state index in [-0.39, 0.29) is 5.91 Å². The number of carbonyl (C=O) groups excluding carboxylic acids is 1. The summed E-state index contributed by atoms with van der Waals surface area (Å²) in [7, 11) is 3.16. The molecule has 0 aliphatic carbocycles. The number of nitrogens with one attached hydrogen (secondary N) is 1. The van der Waals surface area contributed by atoms with Gasteiger partial charge in [0.15, 0.2) is 0 Å². The molecule has 6 nitrogen and oxygen atoms in total. The van der Waals surface area contributed by atoms with Gasteiger partial charge in [-0.25, -0.2) is 0 Å². The number of carbonyl (C=O) groups is 1. The first-order valence-corrected chi connectivity index (χ1v) is 10.1. The van der Waals surface area contributed by atoms with Crippen LogP contribution < -0.4 is 14.8 Å². The van der Waals surface area contributed by atoms with Gasteiger partial charge < -0.3 is 14.8 Å². The molecule has 1 N–H and O–H groups in total. The Morgan fingerprint density at radius 3 is 2.28 bits per heavy atom. The van der Waals surface area contributed by atoms with E-state index in [2.05, 4.69) is 15.1 Å². The van der Waals surface area contributed by atoms with Crippen molar-refractivity contribution >= 4 is 34.8 Å². The number of anilines is 1. The van der Waals surface area contributed by atoms with E-state index in [4.69, 9.17) is 32.7 Å². The Hall–Kier alpha value is -1.99.